The highest BCUT2D eigenvalue weighted by Gasteiger charge is 2.28. The molecule has 0 unspecified atom stereocenters. The maximum absolute atomic E-state index is 12.9. The van der Waals surface area contributed by atoms with Crippen molar-refractivity contribution in [3.05, 3.63) is 83.9 Å². The summed E-state index contributed by atoms with van der Waals surface area (Å²) in [4.78, 5) is 24.3. The van der Waals surface area contributed by atoms with E-state index in [0.717, 1.165) is 42.4 Å². The van der Waals surface area contributed by atoms with Gasteiger partial charge in [-0.15, -0.1) is 0 Å². The molecule has 1 aliphatic carbocycles. The van der Waals surface area contributed by atoms with Crippen LogP contribution in [0.1, 0.15) is 61.9 Å². The number of ether oxygens (including phenoxy) is 1. The number of hydrogen-bond donors (Lipinski definition) is 2. The highest BCUT2D eigenvalue weighted by molar-refractivity contribution is 7.89. The van der Waals surface area contributed by atoms with Crippen LogP contribution in [0.5, 0.6) is 5.75 Å². The summed E-state index contributed by atoms with van der Waals surface area (Å²) in [5.74, 6) is -0.620. The van der Waals surface area contributed by atoms with Crippen molar-refractivity contribution < 1.29 is 27.9 Å². The number of sulfonamides is 1. The second-order valence-corrected chi connectivity index (χ2v) is 12.1. The highest BCUT2D eigenvalue weighted by Crippen LogP contribution is 2.28. The van der Waals surface area contributed by atoms with Crippen LogP contribution in [0, 0.1) is 11.8 Å². The molecule has 2 N–H and O–H groups in total. The molecule has 0 radical (unpaired) electrons. The zero-order chi connectivity index (χ0) is 28.0. The smallest absolute Gasteiger partial charge is 0.322 e. The Balaban J connectivity index is 1.37. The molecule has 0 bridgehead atoms. The Morgan fingerprint density at radius 2 is 1.54 bits per heavy atom. The van der Waals surface area contributed by atoms with Crippen LogP contribution in [-0.4, -0.2) is 31.3 Å². The Labute approximate surface area is 230 Å². The average molecular weight is 550 g/mol. The third kappa shape index (κ3) is 7.34. The van der Waals surface area contributed by atoms with Gasteiger partial charge >= 0.3 is 5.97 Å². The van der Waals surface area contributed by atoms with Crippen molar-refractivity contribution in [3.63, 3.8) is 0 Å². The van der Waals surface area contributed by atoms with Gasteiger partial charge in [-0.2, -0.15) is 4.72 Å². The van der Waals surface area contributed by atoms with E-state index >= 15 is 0 Å². The second-order valence-electron chi connectivity index (χ2n) is 10.4. The van der Waals surface area contributed by atoms with Gasteiger partial charge in [0.15, 0.2) is 5.78 Å². The maximum Gasteiger partial charge on any atom is 0.322 e. The average Bonchev–Trinajstić information content (AvgIpc) is 2.95. The quantitative estimate of drug-likeness (QED) is 0.280. The molecular formula is C31H35NO6S. The molecule has 39 heavy (non-hydrogen) atoms. The number of hydrogen-bond acceptors (Lipinski definition) is 5. The molecule has 1 atom stereocenters. The van der Waals surface area contributed by atoms with Gasteiger partial charge in [0.05, 0.1) is 4.90 Å². The zero-order valence-electron chi connectivity index (χ0n) is 22.3. The van der Waals surface area contributed by atoms with Crippen LogP contribution in [0.3, 0.4) is 0 Å². The van der Waals surface area contributed by atoms with Gasteiger partial charge in [-0.05, 0) is 59.7 Å². The summed E-state index contributed by atoms with van der Waals surface area (Å²) in [6, 6.07) is 20.3. The van der Waals surface area contributed by atoms with Crippen LogP contribution in [0.25, 0.3) is 11.1 Å². The SMILES string of the molecule is CC(C)[C@@H](NS(=O)(=O)c1ccc(-c2ccc(COc3cccc(C(=O)C4CCCCC4)c3)cc2)cc1)C(=O)O. The van der Waals surface area contributed by atoms with Crippen molar-refractivity contribution in [1.29, 1.82) is 0 Å². The molecular weight excluding hydrogens is 514 g/mol. The molecule has 1 aliphatic rings. The van der Waals surface area contributed by atoms with Crippen LogP contribution in [0.4, 0.5) is 0 Å². The van der Waals surface area contributed by atoms with Gasteiger partial charge < -0.3 is 9.84 Å². The van der Waals surface area contributed by atoms with Crippen LogP contribution in [0.2, 0.25) is 0 Å². The molecule has 1 saturated carbocycles. The summed E-state index contributed by atoms with van der Waals surface area (Å²) in [6.07, 6.45) is 5.39. The molecule has 0 heterocycles. The summed E-state index contributed by atoms with van der Waals surface area (Å²) < 4.78 is 33.6. The van der Waals surface area contributed by atoms with Crippen molar-refractivity contribution in [2.75, 3.05) is 0 Å². The fraction of sp³-hybridized carbons (Fsp3) is 0.355. The first-order valence-corrected chi connectivity index (χ1v) is 14.8. The Morgan fingerprint density at radius 3 is 2.13 bits per heavy atom. The van der Waals surface area contributed by atoms with Gasteiger partial charge in [-0.25, -0.2) is 8.42 Å². The van der Waals surface area contributed by atoms with Gasteiger partial charge in [-0.3, -0.25) is 9.59 Å². The molecule has 8 heteroatoms. The first-order valence-electron chi connectivity index (χ1n) is 13.4. The molecule has 0 saturated heterocycles. The topological polar surface area (TPSA) is 110 Å². The van der Waals surface area contributed by atoms with E-state index in [-0.39, 0.29) is 16.6 Å². The number of nitrogens with one attached hydrogen (secondary N) is 1. The van der Waals surface area contributed by atoms with E-state index in [9.17, 15) is 23.1 Å². The summed E-state index contributed by atoms with van der Waals surface area (Å²) in [6.45, 7) is 3.65. The predicted molar refractivity (Wildman–Crippen MR) is 150 cm³/mol. The second kappa shape index (κ2) is 12.6. The number of rotatable bonds is 11. The molecule has 0 spiro atoms. The Hall–Kier alpha value is -3.49. The van der Waals surface area contributed by atoms with E-state index in [0.29, 0.717) is 17.9 Å². The van der Waals surface area contributed by atoms with Gasteiger partial charge in [0, 0.05) is 11.5 Å². The Bertz CT molecular complexity index is 1390. The number of carbonyl (C=O) groups excluding carboxylic acids is 1. The minimum absolute atomic E-state index is 0.00682. The zero-order valence-corrected chi connectivity index (χ0v) is 23.1. The molecule has 3 aromatic rings. The fourth-order valence-electron chi connectivity index (χ4n) is 4.83. The van der Waals surface area contributed by atoms with Crippen LogP contribution in [0.15, 0.2) is 77.7 Å². The standard InChI is InChI=1S/C31H35NO6S/c1-21(2)29(31(34)35)32-39(36,37)28-17-15-24(16-18-28)23-13-11-22(12-14-23)20-38-27-10-6-9-26(19-27)30(33)25-7-4-3-5-8-25/h6,9-19,21,25,29,32H,3-5,7-8,20H2,1-2H3,(H,34,35)/t29-/m1/s1. The summed E-state index contributed by atoms with van der Waals surface area (Å²) in [5.41, 5.74) is 3.40. The summed E-state index contributed by atoms with van der Waals surface area (Å²) >= 11 is 0. The van der Waals surface area contributed by atoms with Gasteiger partial charge in [0.1, 0.15) is 18.4 Å². The lowest BCUT2D eigenvalue weighted by atomic mass is 9.84. The number of carboxylic acid groups (broad SMARTS) is 1. The maximum atomic E-state index is 12.9. The number of benzene rings is 3. The van der Waals surface area contributed by atoms with Crippen molar-refractivity contribution in [1.82, 2.24) is 4.72 Å². The molecule has 0 aliphatic heterocycles. The van der Waals surface area contributed by atoms with E-state index in [1.165, 1.54) is 18.6 Å². The van der Waals surface area contributed by atoms with Crippen LogP contribution >= 0.6 is 0 Å². The van der Waals surface area contributed by atoms with Crippen LogP contribution < -0.4 is 9.46 Å². The van der Waals surface area contributed by atoms with Gasteiger partial charge in [0.25, 0.3) is 0 Å². The first kappa shape index (κ1) is 28.5. The molecule has 4 rings (SSSR count). The molecule has 3 aromatic carbocycles. The van der Waals surface area contributed by atoms with Crippen molar-refractivity contribution in [2.24, 2.45) is 11.8 Å². The molecule has 7 nitrogen and oxygen atoms in total. The van der Waals surface area contributed by atoms with Gasteiger partial charge in [0.2, 0.25) is 10.0 Å². The molecule has 0 amide bonds. The van der Waals surface area contributed by atoms with Crippen molar-refractivity contribution >= 4 is 21.8 Å². The predicted octanol–water partition coefficient (Wildman–Crippen LogP) is 6.08. The molecule has 1 fully saturated rings. The van der Waals surface area contributed by atoms with Crippen molar-refractivity contribution in [2.45, 2.75) is 63.5 Å². The number of carbonyl (C=O) groups is 2. The van der Waals surface area contributed by atoms with Gasteiger partial charge in [-0.1, -0.05) is 81.6 Å². The molecule has 206 valence electrons. The third-order valence-corrected chi connectivity index (χ3v) is 8.62. The van der Waals surface area contributed by atoms with Crippen molar-refractivity contribution in [3.8, 4) is 16.9 Å². The van der Waals surface area contributed by atoms with E-state index in [1.54, 1.807) is 26.0 Å². The monoisotopic (exact) mass is 549 g/mol. The third-order valence-electron chi connectivity index (χ3n) is 7.17. The van der Waals surface area contributed by atoms with E-state index < -0.39 is 28.0 Å². The fourth-order valence-corrected chi connectivity index (χ4v) is 6.17. The Kier molecular flexibility index (Phi) is 9.20. The summed E-state index contributed by atoms with van der Waals surface area (Å²) in [7, 11) is -3.97. The highest BCUT2D eigenvalue weighted by atomic mass is 32.2. The minimum atomic E-state index is -3.97. The van der Waals surface area contributed by atoms with E-state index in [4.69, 9.17) is 4.74 Å². The number of ketones is 1. The number of Topliss-reactive ketones (excluding diaryl/α,β-unsaturated/α-hetero) is 1. The largest absolute Gasteiger partial charge is 0.489 e. The van der Waals surface area contributed by atoms with Crippen LogP contribution in [-0.2, 0) is 21.4 Å². The summed E-state index contributed by atoms with van der Waals surface area (Å²) in [5, 5.41) is 9.31. The normalized spacial score (nSPS) is 15.2. The first-order chi connectivity index (χ1) is 18.6. The minimum Gasteiger partial charge on any atom is -0.489 e. The van der Waals surface area contributed by atoms with E-state index in [1.807, 2.05) is 48.5 Å². The lowest BCUT2D eigenvalue weighted by Gasteiger charge is -2.20. The molecule has 0 aromatic heterocycles. The number of aliphatic carboxylic acids is 1. The number of carboxylic acids is 1. The Morgan fingerprint density at radius 1 is 0.923 bits per heavy atom. The van der Waals surface area contributed by atoms with E-state index in [2.05, 4.69) is 4.72 Å². The lowest BCUT2D eigenvalue weighted by Crippen LogP contribution is -2.44. The lowest BCUT2D eigenvalue weighted by molar-refractivity contribution is -0.140.